The summed E-state index contributed by atoms with van der Waals surface area (Å²) in [6, 6.07) is 11.4. The highest BCUT2D eigenvalue weighted by Gasteiger charge is 2.07. The minimum absolute atomic E-state index is 0.156. The Hall–Kier alpha value is -2.56. The number of hydrogen-bond donors (Lipinski definition) is 3. The highest BCUT2D eigenvalue weighted by atomic mass is 16.3. The van der Waals surface area contributed by atoms with Crippen molar-refractivity contribution in [2.45, 2.75) is 0 Å². The van der Waals surface area contributed by atoms with Crippen LogP contribution in [0.2, 0.25) is 0 Å². The third kappa shape index (κ3) is 2.76. The third-order valence-corrected chi connectivity index (χ3v) is 2.36. The molecule has 5 heteroatoms. The summed E-state index contributed by atoms with van der Waals surface area (Å²) in [7, 11) is 1.74. The quantitative estimate of drug-likeness (QED) is 0.721. The standard InChI is InChI=1S/C13H13N3O2/c1-14-12-4-2-3-11(16-12)13(18)15-9-5-7-10(17)8-6-9/h2-8,17H,1H3,(H,14,16)(H,15,18). The highest BCUT2D eigenvalue weighted by molar-refractivity contribution is 6.03. The molecular weight excluding hydrogens is 230 g/mol. The lowest BCUT2D eigenvalue weighted by molar-refractivity contribution is 0.102. The van der Waals surface area contributed by atoms with Gasteiger partial charge in [-0.1, -0.05) is 6.07 Å². The van der Waals surface area contributed by atoms with E-state index in [-0.39, 0.29) is 11.7 Å². The predicted octanol–water partition coefficient (Wildman–Crippen LogP) is 2.08. The normalized spacial score (nSPS) is 9.83. The van der Waals surface area contributed by atoms with E-state index in [1.807, 2.05) is 0 Å². The summed E-state index contributed by atoms with van der Waals surface area (Å²) in [4.78, 5) is 16.0. The smallest absolute Gasteiger partial charge is 0.274 e. The molecule has 0 bridgehead atoms. The van der Waals surface area contributed by atoms with Crippen molar-refractivity contribution in [3.05, 3.63) is 48.2 Å². The molecule has 0 radical (unpaired) electrons. The van der Waals surface area contributed by atoms with Gasteiger partial charge in [0.2, 0.25) is 0 Å². The van der Waals surface area contributed by atoms with Gasteiger partial charge in [-0.25, -0.2) is 4.98 Å². The summed E-state index contributed by atoms with van der Waals surface area (Å²) >= 11 is 0. The van der Waals surface area contributed by atoms with Crippen LogP contribution in [0.4, 0.5) is 11.5 Å². The molecule has 0 aliphatic heterocycles. The zero-order valence-corrected chi connectivity index (χ0v) is 9.84. The number of carbonyl (C=O) groups excluding carboxylic acids is 1. The molecule has 0 atom stereocenters. The number of phenols is 1. The maximum absolute atomic E-state index is 11.9. The van der Waals surface area contributed by atoms with Crippen molar-refractivity contribution in [1.82, 2.24) is 4.98 Å². The van der Waals surface area contributed by atoms with Crippen molar-refractivity contribution >= 4 is 17.4 Å². The van der Waals surface area contributed by atoms with Crippen LogP contribution in [0.1, 0.15) is 10.5 Å². The molecule has 0 unspecified atom stereocenters. The van der Waals surface area contributed by atoms with Crippen molar-refractivity contribution in [3.8, 4) is 5.75 Å². The number of hydrogen-bond acceptors (Lipinski definition) is 4. The summed E-state index contributed by atoms with van der Waals surface area (Å²) in [5, 5.41) is 14.7. The summed E-state index contributed by atoms with van der Waals surface area (Å²) in [5.41, 5.74) is 0.935. The van der Waals surface area contributed by atoms with E-state index in [4.69, 9.17) is 5.11 Å². The molecular formula is C13H13N3O2. The molecule has 0 saturated heterocycles. The predicted molar refractivity (Wildman–Crippen MR) is 69.8 cm³/mol. The largest absolute Gasteiger partial charge is 0.508 e. The summed E-state index contributed by atoms with van der Waals surface area (Å²) in [5.74, 6) is 0.495. The van der Waals surface area contributed by atoms with Crippen LogP contribution >= 0.6 is 0 Å². The van der Waals surface area contributed by atoms with Gasteiger partial charge in [0.15, 0.2) is 0 Å². The van der Waals surface area contributed by atoms with Crippen LogP contribution < -0.4 is 10.6 Å². The van der Waals surface area contributed by atoms with Crippen molar-refractivity contribution in [1.29, 1.82) is 0 Å². The van der Waals surface area contributed by atoms with Crippen LogP contribution in [-0.4, -0.2) is 23.0 Å². The molecule has 0 spiro atoms. The van der Waals surface area contributed by atoms with Gasteiger partial charge in [-0.05, 0) is 36.4 Å². The number of benzene rings is 1. The maximum Gasteiger partial charge on any atom is 0.274 e. The molecule has 18 heavy (non-hydrogen) atoms. The van der Waals surface area contributed by atoms with Crippen LogP contribution in [-0.2, 0) is 0 Å². The Balaban J connectivity index is 2.14. The van der Waals surface area contributed by atoms with E-state index in [2.05, 4.69) is 15.6 Å². The fourth-order valence-corrected chi connectivity index (χ4v) is 1.44. The van der Waals surface area contributed by atoms with Gasteiger partial charge < -0.3 is 15.7 Å². The summed E-state index contributed by atoms with van der Waals surface area (Å²) in [6.45, 7) is 0. The number of rotatable bonds is 3. The minimum Gasteiger partial charge on any atom is -0.508 e. The van der Waals surface area contributed by atoms with Crippen LogP contribution in [0.5, 0.6) is 5.75 Å². The zero-order chi connectivity index (χ0) is 13.0. The lowest BCUT2D eigenvalue weighted by atomic mass is 10.3. The molecule has 1 heterocycles. The Kier molecular flexibility index (Phi) is 3.43. The molecule has 0 saturated carbocycles. The SMILES string of the molecule is CNc1cccc(C(=O)Nc2ccc(O)cc2)n1. The van der Waals surface area contributed by atoms with Crippen molar-refractivity contribution in [2.75, 3.05) is 17.7 Å². The molecule has 5 nitrogen and oxygen atoms in total. The van der Waals surface area contributed by atoms with E-state index in [0.29, 0.717) is 17.2 Å². The van der Waals surface area contributed by atoms with Crippen LogP contribution in [0.3, 0.4) is 0 Å². The average Bonchev–Trinajstić information content (AvgIpc) is 2.41. The maximum atomic E-state index is 11.9. The van der Waals surface area contributed by atoms with Crippen LogP contribution in [0, 0.1) is 0 Å². The first-order valence-electron chi connectivity index (χ1n) is 5.44. The number of carbonyl (C=O) groups is 1. The van der Waals surface area contributed by atoms with Gasteiger partial charge in [-0.2, -0.15) is 0 Å². The molecule has 1 aromatic heterocycles. The third-order valence-electron chi connectivity index (χ3n) is 2.36. The molecule has 2 rings (SSSR count). The number of aromatic hydroxyl groups is 1. The van der Waals surface area contributed by atoms with Gasteiger partial charge in [0.05, 0.1) is 0 Å². The van der Waals surface area contributed by atoms with E-state index in [1.54, 1.807) is 37.4 Å². The zero-order valence-electron chi connectivity index (χ0n) is 9.84. The van der Waals surface area contributed by atoms with Crippen LogP contribution in [0.15, 0.2) is 42.5 Å². The number of nitrogens with zero attached hydrogens (tertiary/aromatic N) is 1. The first kappa shape index (κ1) is 11.9. The lowest BCUT2D eigenvalue weighted by Crippen LogP contribution is -2.14. The fourth-order valence-electron chi connectivity index (χ4n) is 1.44. The number of anilines is 2. The molecule has 2 aromatic rings. The van der Waals surface area contributed by atoms with Gasteiger partial charge in [0.25, 0.3) is 5.91 Å². The number of nitrogens with one attached hydrogen (secondary N) is 2. The molecule has 0 aliphatic rings. The number of phenolic OH excluding ortho intramolecular Hbond substituents is 1. The minimum atomic E-state index is -0.294. The second-order valence-electron chi connectivity index (χ2n) is 3.66. The van der Waals surface area contributed by atoms with Gasteiger partial charge >= 0.3 is 0 Å². The fraction of sp³-hybridized carbons (Fsp3) is 0.0769. The van der Waals surface area contributed by atoms with Gasteiger partial charge in [0.1, 0.15) is 17.3 Å². The van der Waals surface area contributed by atoms with Gasteiger partial charge in [-0.15, -0.1) is 0 Å². The molecule has 0 fully saturated rings. The Bertz CT molecular complexity index is 552. The second-order valence-corrected chi connectivity index (χ2v) is 3.66. The van der Waals surface area contributed by atoms with Crippen molar-refractivity contribution in [2.24, 2.45) is 0 Å². The monoisotopic (exact) mass is 243 g/mol. The lowest BCUT2D eigenvalue weighted by Gasteiger charge is -2.06. The number of amides is 1. The molecule has 92 valence electrons. The van der Waals surface area contributed by atoms with Crippen LogP contribution in [0.25, 0.3) is 0 Å². The molecule has 0 aliphatic carbocycles. The first-order valence-corrected chi connectivity index (χ1v) is 5.44. The average molecular weight is 243 g/mol. The molecule has 1 aromatic carbocycles. The molecule has 3 N–H and O–H groups in total. The van der Waals surface area contributed by atoms with Gasteiger partial charge in [0, 0.05) is 12.7 Å². The van der Waals surface area contributed by atoms with E-state index in [9.17, 15) is 4.79 Å². The van der Waals surface area contributed by atoms with E-state index in [0.717, 1.165) is 0 Å². The summed E-state index contributed by atoms with van der Waals surface area (Å²) < 4.78 is 0. The molecule has 1 amide bonds. The van der Waals surface area contributed by atoms with E-state index >= 15 is 0 Å². The van der Waals surface area contributed by atoms with E-state index < -0.39 is 0 Å². The Morgan fingerprint density at radius 3 is 2.56 bits per heavy atom. The topological polar surface area (TPSA) is 74.2 Å². The first-order chi connectivity index (χ1) is 8.69. The van der Waals surface area contributed by atoms with E-state index in [1.165, 1.54) is 12.1 Å². The Morgan fingerprint density at radius 1 is 1.17 bits per heavy atom. The number of pyridine rings is 1. The van der Waals surface area contributed by atoms with Crippen molar-refractivity contribution in [3.63, 3.8) is 0 Å². The Morgan fingerprint density at radius 2 is 1.89 bits per heavy atom. The number of aromatic nitrogens is 1. The summed E-state index contributed by atoms with van der Waals surface area (Å²) in [6.07, 6.45) is 0. The van der Waals surface area contributed by atoms with Crippen molar-refractivity contribution < 1.29 is 9.90 Å². The Labute approximate surface area is 104 Å². The highest BCUT2D eigenvalue weighted by Crippen LogP contribution is 2.14. The van der Waals surface area contributed by atoms with Gasteiger partial charge in [-0.3, -0.25) is 4.79 Å². The second kappa shape index (κ2) is 5.18.